The Morgan fingerprint density at radius 2 is 1.30 bits per heavy atom. The Labute approximate surface area is 182 Å². The fraction of sp³-hybridized carbons (Fsp3) is 0.778. The molecular formula is C27H42F2O. The predicted octanol–water partition coefficient (Wildman–Crippen LogP) is 7.63. The van der Waals surface area contributed by atoms with Crippen molar-refractivity contribution in [3.8, 4) is 0 Å². The van der Waals surface area contributed by atoms with Gasteiger partial charge in [-0.1, -0.05) is 58.3 Å². The predicted molar refractivity (Wildman–Crippen MR) is 121 cm³/mol. The fourth-order valence-electron chi connectivity index (χ4n) is 6.10. The molecule has 2 aliphatic carbocycles. The van der Waals surface area contributed by atoms with Gasteiger partial charge in [0.25, 0.3) is 0 Å². The monoisotopic (exact) mass is 420 g/mol. The summed E-state index contributed by atoms with van der Waals surface area (Å²) < 4.78 is 28.2. The minimum Gasteiger partial charge on any atom is -0.396 e. The van der Waals surface area contributed by atoms with Crippen molar-refractivity contribution in [2.75, 3.05) is 6.61 Å². The average molecular weight is 421 g/mol. The Bertz CT molecular complexity index is 605. The molecule has 0 amide bonds. The molecule has 0 heterocycles. The Balaban J connectivity index is 1.37. The molecule has 0 atom stereocenters. The lowest BCUT2D eigenvalue weighted by molar-refractivity contribution is 0.140. The number of aryl methyl sites for hydroxylation is 1. The molecule has 0 bridgehead atoms. The zero-order valence-corrected chi connectivity index (χ0v) is 19.0. The number of hydrogen-bond acceptors (Lipinski definition) is 1. The standard InChI is InChI=1S/C27H42F2O/c1-2-3-4-5-20-8-12-23(13-9-20)24-14-10-21(11-15-24)6-7-22-18-26(28)25(16-17-30)27(29)19-22/h18-21,23-24,30H,2-17H2,1H3. The molecule has 1 nitrogen and oxygen atoms in total. The topological polar surface area (TPSA) is 20.2 Å². The van der Waals surface area contributed by atoms with Crippen molar-refractivity contribution >= 4 is 0 Å². The molecular weight excluding hydrogens is 378 g/mol. The number of aliphatic hydroxyl groups is 1. The molecule has 1 N–H and O–H groups in total. The Morgan fingerprint density at radius 1 is 0.767 bits per heavy atom. The van der Waals surface area contributed by atoms with Gasteiger partial charge in [-0.3, -0.25) is 0 Å². The van der Waals surface area contributed by atoms with Crippen LogP contribution in [0, 0.1) is 35.3 Å². The third-order valence-electron chi connectivity index (χ3n) is 8.07. The van der Waals surface area contributed by atoms with Gasteiger partial charge in [-0.05, 0) is 79.9 Å². The smallest absolute Gasteiger partial charge is 0.129 e. The summed E-state index contributed by atoms with van der Waals surface area (Å²) in [5.41, 5.74) is 0.775. The molecule has 0 unspecified atom stereocenters. The van der Waals surface area contributed by atoms with Gasteiger partial charge in [0.1, 0.15) is 11.6 Å². The van der Waals surface area contributed by atoms with Gasteiger partial charge in [-0.25, -0.2) is 8.78 Å². The first-order valence-corrected chi connectivity index (χ1v) is 12.7. The van der Waals surface area contributed by atoms with Crippen LogP contribution in [0.15, 0.2) is 12.1 Å². The van der Waals surface area contributed by atoms with Crippen LogP contribution in [0.25, 0.3) is 0 Å². The van der Waals surface area contributed by atoms with E-state index in [4.69, 9.17) is 5.11 Å². The first-order chi connectivity index (χ1) is 14.6. The van der Waals surface area contributed by atoms with E-state index in [-0.39, 0.29) is 18.6 Å². The highest BCUT2D eigenvalue weighted by molar-refractivity contribution is 5.26. The molecule has 30 heavy (non-hydrogen) atoms. The van der Waals surface area contributed by atoms with Gasteiger partial charge >= 0.3 is 0 Å². The van der Waals surface area contributed by atoms with Crippen LogP contribution in [0.3, 0.4) is 0 Å². The molecule has 1 aromatic rings. The number of unbranched alkanes of at least 4 members (excludes halogenated alkanes) is 2. The quantitative estimate of drug-likeness (QED) is 0.386. The fourth-order valence-corrected chi connectivity index (χ4v) is 6.10. The molecule has 170 valence electrons. The van der Waals surface area contributed by atoms with E-state index >= 15 is 0 Å². The van der Waals surface area contributed by atoms with Gasteiger partial charge in [0.15, 0.2) is 0 Å². The number of benzene rings is 1. The maximum atomic E-state index is 14.1. The van der Waals surface area contributed by atoms with Gasteiger partial charge in [0, 0.05) is 18.6 Å². The molecule has 2 saturated carbocycles. The number of hydrogen-bond donors (Lipinski definition) is 1. The molecule has 1 aromatic carbocycles. The maximum Gasteiger partial charge on any atom is 0.129 e. The summed E-state index contributed by atoms with van der Waals surface area (Å²) in [5, 5.41) is 8.95. The zero-order valence-electron chi connectivity index (χ0n) is 19.0. The van der Waals surface area contributed by atoms with Crippen molar-refractivity contribution in [2.45, 2.75) is 103 Å². The van der Waals surface area contributed by atoms with Gasteiger partial charge < -0.3 is 5.11 Å². The van der Waals surface area contributed by atoms with Crippen molar-refractivity contribution < 1.29 is 13.9 Å². The van der Waals surface area contributed by atoms with E-state index in [1.807, 2.05) is 0 Å². The Kier molecular flexibility index (Phi) is 9.62. The third kappa shape index (κ3) is 6.77. The second-order valence-corrected chi connectivity index (χ2v) is 10.1. The average Bonchev–Trinajstić information content (AvgIpc) is 2.76. The van der Waals surface area contributed by atoms with E-state index in [1.165, 1.54) is 89.2 Å². The molecule has 2 fully saturated rings. The largest absolute Gasteiger partial charge is 0.396 e. The minimum atomic E-state index is -0.506. The van der Waals surface area contributed by atoms with Crippen molar-refractivity contribution in [1.29, 1.82) is 0 Å². The van der Waals surface area contributed by atoms with E-state index in [2.05, 4.69) is 6.92 Å². The zero-order chi connectivity index (χ0) is 21.3. The van der Waals surface area contributed by atoms with Crippen molar-refractivity contribution in [2.24, 2.45) is 23.7 Å². The first kappa shape index (κ1) is 23.7. The molecule has 3 heteroatoms. The summed E-state index contributed by atoms with van der Waals surface area (Å²) in [6.45, 7) is 2.07. The van der Waals surface area contributed by atoms with Crippen molar-refractivity contribution in [3.05, 3.63) is 34.9 Å². The van der Waals surface area contributed by atoms with Crippen molar-refractivity contribution in [1.82, 2.24) is 0 Å². The van der Waals surface area contributed by atoms with E-state index in [0.717, 1.165) is 36.2 Å². The molecule has 0 aliphatic heterocycles. The molecule has 0 saturated heterocycles. The second kappa shape index (κ2) is 12.2. The minimum absolute atomic E-state index is 0.0156. The number of aliphatic hydroxyl groups excluding tert-OH is 1. The van der Waals surface area contributed by atoms with Crippen LogP contribution in [-0.4, -0.2) is 11.7 Å². The summed E-state index contributed by atoms with van der Waals surface area (Å²) in [7, 11) is 0. The lowest BCUT2D eigenvalue weighted by Crippen LogP contribution is -2.26. The van der Waals surface area contributed by atoms with Crippen LogP contribution in [-0.2, 0) is 12.8 Å². The third-order valence-corrected chi connectivity index (χ3v) is 8.07. The highest BCUT2D eigenvalue weighted by Gasteiger charge is 2.30. The Hall–Kier alpha value is -0.960. The first-order valence-electron chi connectivity index (χ1n) is 12.7. The van der Waals surface area contributed by atoms with E-state index in [0.29, 0.717) is 5.92 Å². The highest BCUT2D eigenvalue weighted by Crippen LogP contribution is 2.43. The van der Waals surface area contributed by atoms with Crippen LogP contribution >= 0.6 is 0 Å². The number of halogens is 2. The van der Waals surface area contributed by atoms with Crippen LogP contribution < -0.4 is 0 Å². The molecule has 0 aromatic heterocycles. The van der Waals surface area contributed by atoms with Crippen LogP contribution in [0.1, 0.15) is 102 Å². The van der Waals surface area contributed by atoms with E-state index < -0.39 is 11.6 Å². The molecule has 3 rings (SSSR count). The normalized spacial score (nSPS) is 27.3. The summed E-state index contributed by atoms with van der Waals surface area (Å²) in [5.74, 6) is 2.56. The van der Waals surface area contributed by atoms with Crippen LogP contribution in [0.5, 0.6) is 0 Å². The molecule has 0 spiro atoms. The maximum absolute atomic E-state index is 14.1. The summed E-state index contributed by atoms with van der Waals surface area (Å²) in [6, 6.07) is 2.94. The van der Waals surface area contributed by atoms with Crippen LogP contribution in [0.2, 0.25) is 0 Å². The van der Waals surface area contributed by atoms with Gasteiger partial charge in [0.2, 0.25) is 0 Å². The van der Waals surface area contributed by atoms with Gasteiger partial charge in [-0.15, -0.1) is 0 Å². The van der Waals surface area contributed by atoms with Gasteiger partial charge in [-0.2, -0.15) is 0 Å². The Morgan fingerprint density at radius 3 is 1.80 bits per heavy atom. The lowest BCUT2D eigenvalue weighted by atomic mass is 9.68. The molecule has 0 radical (unpaired) electrons. The van der Waals surface area contributed by atoms with Crippen LogP contribution in [0.4, 0.5) is 8.78 Å². The van der Waals surface area contributed by atoms with Gasteiger partial charge in [0.05, 0.1) is 0 Å². The second-order valence-electron chi connectivity index (χ2n) is 10.1. The van der Waals surface area contributed by atoms with E-state index in [1.54, 1.807) is 0 Å². The summed E-state index contributed by atoms with van der Waals surface area (Å²) in [4.78, 5) is 0. The SMILES string of the molecule is CCCCCC1CCC(C2CCC(CCc3cc(F)c(CCO)c(F)c3)CC2)CC1. The summed E-state index contributed by atoms with van der Waals surface area (Å²) >= 11 is 0. The highest BCUT2D eigenvalue weighted by atomic mass is 19.1. The summed E-state index contributed by atoms with van der Waals surface area (Å²) in [6.07, 6.45) is 18.5. The van der Waals surface area contributed by atoms with Crippen molar-refractivity contribution in [3.63, 3.8) is 0 Å². The lowest BCUT2D eigenvalue weighted by Gasteiger charge is -2.38. The molecule has 2 aliphatic rings. The number of rotatable bonds is 10. The van der Waals surface area contributed by atoms with E-state index in [9.17, 15) is 8.78 Å².